The zero-order valence-electron chi connectivity index (χ0n) is 16.1. The van der Waals surface area contributed by atoms with Crippen LogP contribution in [0.2, 0.25) is 0 Å². The minimum absolute atomic E-state index is 0.0641. The van der Waals surface area contributed by atoms with Gasteiger partial charge in [-0.2, -0.15) is 0 Å². The molecule has 28 heavy (non-hydrogen) atoms. The molecule has 0 radical (unpaired) electrons. The summed E-state index contributed by atoms with van der Waals surface area (Å²) in [6.45, 7) is 5.34. The van der Waals surface area contributed by atoms with Crippen molar-refractivity contribution in [1.82, 2.24) is 0 Å². The quantitative estimate of drug-likeness (QED) is 0.672. The molecular weight excluding hydrogens is 400 g/mol. The first-order chi connectivity index (χ1) is 13.3. The fourth-order valence-electron chi connectivity index (χ4n) is 3.80. The van der Waals surface area contributed by atoms with Crippen LogP contribution in [0.3, 0.4) is 0 Å². The van der Waals surface area contributed by atoms with Gasteiger partial charge in [-0.3, -0.25) is 9.59 Å². The number of sulfone groups is 1. The topological polar surface area (TPSA) is 86.7 Å². The van der Waals surface area contributed by atoms with Gasteiger partial charge >= 0.3 is 11.9 Å². The van der Waals surface area contributed by atoms with Crippen molar-refractivity contribution in [2.75, 3.05) is 19.0 Å². The fourth-order valence-corrected chi connectivity index (χ4v) is 7.64. The van der Waals surface area contributed by atoms with Gasteiger partial charge in [-0.25, -0.2) is 8.42 Å². The minimum atomic E-state index is -4.19. The van der Waals surface area contributed by atoms with E-state index in [4.69, 9.17) is 9.47 Å². The third-order valence-electron chi connectivity index (χ3n) is 4.99. The molecule has 1 aromatic rings. The number of esters is 2. The second kappa shape index (κ2) is 8.29. The largest absolute Gasteiger partial charge is 0.465 e. The average molecular weight is 425 g/mol. The molecule has 0 N–H and O–H groups in total. The van der Waals surface area contributed by atoms with Gasteiger partial charge in [-0.1, -0.05) is 29.8 Å². The van der Waals surface area contributed by atoms with Crippen molar-refractivity contribution < 1.29 is 27.5 Å². The third kappa shape index (κ3) is 3.59. The summed E-state index contributed by atoms with van der Waals surface area (Å²) in [6.07, 6.45) is 0.487. The van der Waals surface area contributed by atoms with Crippen LogP contribution in [0, 0.1) is 6.92 Å². The number of aryl methyl sites for hydroxylation is 1. The van der Waals surface area contributed by atoms with Gasteiger partial charge in [0.15, 0.2) is 20.3 Å². The Morgan fingerprint density at radius 2 is 1.68 bits per heavy atom. The Labute approximate surface area is 169 Å². The molecular formula is C20H24O6S2. The van der Waals surface area contributed by atoms with Crippen LogP contribution in [0.1, 0.15) is 37.3 Å². The third-order valence-corrected chi connectivity index (χ3v) is 8.53. The zero-order valence-corrected chi connectivity index (χ0v) is 17.8. The summed E-state index contributed by atoms with van der Waals surface area (Å²) in [5.74, 6) is -1.62. The molecule has 3 rings (SSSR count). The number of carbonyl (C=O) groups is 2. The van der Waals surface area contributed by atoms with Crippen molar-refractivity contribution in [3.8, 4) is 0 Å². The monoisotopic (exact) mass is 424 g/mol. The Kier molecular flexibility index (Phi) is 6.19. The average Bonchev–Trinajstić information content (AvgIpc) is 3.09. The van der Waals surface area contributed by atoms with Gasteiger partial charge in [-0.05, 0) is 43.2 Å². The first-order valence-electron chi connectivity index (χ1n) is 9.31. The molecule has 0 amide bonds. The van der Waals surface area contributed by atoms with Crippen molar-refractivity contribution in [2.45, 2.75) is 43.6 Å². The number of carbonyl (C=O) groups excluding carboxylic acids is 2. The van der Waals surface area contributed by atoms with Crippen LogP contribution in [-0.2, 0) is 28.9 Å². The van der Waals surface area contributed by atoms with Gasteiger partial charge < -0.3 is 9.47 Å². The predicted molar refractivity (Wildman–Crippen MR) is 108 cm³/mol. The summed E-state index contributed by atoms with van der Waals surface area (Å²) in [5.41, 5.74) is 2.33. The maximum absolute atomic E-state index is 13.5. The molecule has 0 unspecified atom stereocenters. The molecule has 2 heterocycles. The van der Waals surface area contributed by atoms with E-state index in [1.165, 1.54) is 11.8 Å². The van der Waals surface area contributed by atoms with Crippen LogP contribution in [0.25, 0.3) is 0 Å². The first kappa shape index (κ1) is 20.9. The van der Waals surface area contributed by atoms with Crippen molar-refractivity contribution >= 4 is 33.5 Å². The summed E-state index contributed by atoms with van der Waals surface area (Å²) >= 11 is 1.51. The number of ether oxygens (including phenoxy) is 2. The van der Waals surface area contributed by atoms with E-state index in [1.54, 1.807) is 13.8 Å². The highest BCUT2D eigenvalue weighted by atomic mass is 32.2. The number of rotatable bonds is 5. The van der Waals surface area contributed by atoms with E-state index in [0.29, 0.717) is 17.7 Å². The minimum Gasteiger partial charge on any atom is -0.465 e. The Balaban J connectivity index is 2.22. The summed E-state index contributed by atoms with van der Waals surface area (Å²) in [6, 6.07) is 7.47. The predicted octanol–water partition coefficient (Wildman–Crippen LogP) is 2.76. The van der Waals surface area contributed by atoms with E-state index >= 15 is 0 Å². The van der Waals surface area contributed by atoms with Crippen LogP contribution >= 0.6 is 11.8 Å². The van der Waals surface area contributed by atoms with E-state index in [-0.39, 0.29) is 13.2 Å². The number of hydrogen-bond acceptors (Lipinski definition) is 7. The molecule has 0 saturated carbocycles. The normalized spacial score (nSPS) is 25.9. The maximum atomic E-state index is 13.5. The van der Waals surface area contributed by atoms with E-state index in [2.05, 4.69) is 0 Å². The molecule has 0 spiro atoms. The smallest absolute Gasteiger partial charge is 0.328 e. The lowest BCUT2D eigenvalue weighted by Crippen LogP contribution is -2.50. The molecule has 0 saturated heterocycles. The number of hydrogen-bond donors (Lipinski definition) is 0. The Morgan fingerprint density at radius 3 is 2.29 bits per heavy atom. The lowest BCUT2D eigenvalue weighted by atomic mass is 9.90. The molecule has 2 aliphatic heterocycles. The molecule has 0 aliphatic carbocycles. The van der Waals surface area contributed by atoms with Crippen molar-refractivity contribution in [3.05, 3.63) is 45.9 Å². The van der Waals surface area contributed by atoms with Gasteiger partial charge in [0.2, 0.25) is 0 Å². The van der Waals surface area contributed by atoms with Crippen molar-refractivity contribution in [1.29, 1.82) is 0 Å². The molecule has 1 aromatic carbocycles. The number of allylic oxidation sites excluding steroid dienone is 1. The van der Waals surface area contributed by atoms with Gasteiger partial charge in [0.05, 0.1) is 13.2 Å². The van der Waals surface area contributed by atoms with Crippen LogP contribution in [0.4, 0.5) is 0 Å². The SMILES string of the molecule is CCOC(=O)[C@H]1C2=C(SCC2)[C@@H](c2ccc(C)cc2)[C@H](C(=O)OCC)S1(=O)=O. The molecule has 0 bridgehead atoms. The summed E-state index contributed by atoms with van der Waals surface area (Å²) in [7, 11) is -4.19. The maximum Gasteiger partial charge on any atom is 0.328 e. The highest BCUT2D eigenvalue weighted by molar-refractivity contribution is 8.03. The molecule has 2 aliphatic rings. The van der Waals surface area contributed by atoms with Gasteiger partial charge in [0.1, 0.15) is 0 Å². The first-order valence-corrected chi connectivity index (χ1v) is 11.9. The van der Waals surface area contributed by atoms with Gasteiger partial charge in [0, 0.05) is 11.7 Å². The highest BCUT2D eigenvalue weighted by Crippen LogP contribution is 2.51. The Morgan fingerprint density at radius 1 is 1.07 bits per heavy atom. The lowest BCUT2D eigenvalue weighted by molar-refractivity contribution is -0.142. The van der Waals surface area contributed by atoms with E-state index < -0.39 is 38.2 Å². The number of thioether (sulfide) groups is 1. The second-order valence-corrected chi connectivity index (χ2v) is 10.1. The highest BCUT2D eigenvalue weighted by Gasteiger charge is 2.56. The second-order valence-electron chi connectivity index (χ2n) is 6.77. The molecule has 0 fully saturated rings. The van der Waals surface area contributed by atoms with Crippen LogP contribution in [-0.4, -0.2) is 49.8 Å². The molecule has 8 heteroatoms. The molecule has 6 nitrogen and oxygen atoms in total. The Bertz CT molecular complexity index is 901. The summed E-state index contributed by atoms with van der Waals surface area (Å²) < 4.78 is 37.2. The van der Waals surface area contributed by atoms with Gasteiger partial charge in [-0.15, -0.1) is 11.8 Å². The molecule has 3 atom stereocenters. The van der Waals surface area contributed by atoms with Crippen LogP contribution in [0.15, 0.2) is 34.7 Å². The zero-order chi connectivity index (χ0) is 20.5. The van der Waals surface area contributed by atoms with E-state index in [9.17, 15) is 18.0 Å². The van der Waals surface area contributed by atoms with Crippen LogP contribution < -0.4 is 0 Å². The number of benzene rings is 1. The molecule has 0 aromatic heterocycles. The Hall–Kier alpha value is -1.80. The molecule has 152 valence electrons. The van der Waals surface area contributed by atoms with Crippen LogP contribution in [0.5, 0.6) is 0 Å². The van der Waals surface area contributed by atoms with Crippen molar-refractivity contribution in [3.63, 3.8) is 0 Å². The van der Waals surface area contributed by atoms with E-state index in [0.717, 1.165) is 16.0 Å². The summed E-state index contributed by atoms with van der Waals surface area (Å²) in [4.78, 5) is 26.2. The van der Waals surface area contributed by atoms with E-state index in [1.807, 2.05) is 31.2 Å². The summed E-state index contributed by atoms with van der Waals surface area (Å²) in [5, 5.41) is -2.90. The standard InChI is InChI=1S/C20H24O6S2/c1-4-25-19(21)17-14-10-11-27-16(14)15(13-8-6-12(3)7-9-13)18(28(17,23)24)20(22)26-5-2/h6-9,15,17-18H,4-5,10-11H2,1-3H3/t15-,17-,18-/m1/s1. The lowest BCUT2D eigenvalue weighted by Gasteiger charge is -2.35. The van der Waals surface area contributed by atoms with Crippen molar-refractivity contribution in [2.24, 2.45) is 0 Å². The van der Waals surface area contributed by atoms with Gasteiger partial charge in [0.25, 0.3) is 0 Å². The fraction of sp³-hybridized carbons (Fsp3) is 0.500.